The summed E-state index contributed by atoms with van der Waals surface area (Å²) in [5.41, 5.74) is 6.64. The number of thiazole rings is 1. The molecular formula is C16H16BrN5S2. The predicted molar refractivity (Wildman–Crippen MR) is 106 cm³/mol. The maximum atomic E-state index is 4.74. The van der Waals surface area contributed by atoms with E-state index < -0.39 is 0 Å². The first-order valence-corrected chi connectivity index (χ1v) is 10.2. The van der Waals surface area contributed by atoms with E-state index in [9.17, 15) is 0 Å². The molecule has 5 nitrogen and oxygen atoms in total. The molecule has 2 aromatic heterocycles. The molecule has 1 aromatic carbocycles. The Morgan fingerprint density at radius 2 is 2.17 bits per heavy atom. The van der Waals surface area contributed by atoms with Gasteiger partial charge in [0, 0.05) is 33.7 Å². The fourth-order valence-corrected chi connectivity index (χ4v) is 4.65. The summed E-state index contributed by atoms with van der Waals surface area (Å²) in [4.78, 5) is 5.76. The Labute approximate surface area is 156 Å². The number of fused-ring (bicyclic) bond motifs is 1. The van der Waals surface area contributed by atoms with Gasteiger partial charge in [0.25, 0.3) is 0 Å². The minimum absolute atomic E-state index is 0.181. The van der Waals surface area contributed by atoms with Crippen LogP contribution in [0.2, 0.25) is 0 Å². The van der Waals surface area contributed by atoms with Gasteiger partial charge in [0.05, 0.1) is 5.69 Å². The average molecular weight is 422 g/mol. The van der Waals surface area contributed by atoms with Gasteiger partial charge in [0.15, 0.2) is 4.96 Å². The van der Waals surface area contributed by atoms with Crippen LogP contribution in [-0.2, 0) is 6.42 Å². The summed E-state index contributed by atoms with van der Waals surface area (Å²) < 4.78 is 3.25. The molecule has 0 saturated heterocycles. The Kier molecular flexibility index (Phi) is 4.62. The first-order valence-electron chi connectivity index (χ1n) is 7.66. The molecule has 1 aliphatic heterocycles. The van der Waals surface area contributed by atoms with Crippen LogP contribution in [0.15, 0.2) is 45.4 Å². The van der Waals surface area contributed by atoms with Crippen LogP contribution < -0.4 is 10.7 Å². The van der Waals surface area contributed by atoms with E-state index in [1.54, 1.807) is 23.1 Å². The normalized spacial score (nSPS) is 17.2. The van der Waals surface area contributed by atoms with Crippen LogP contribution in [0.25, 0.3) is 16.2 Å². The topological polar surface area (TPSA) is 53.7 Å². The lowest BCUT2D eigenvalue weighted by Crippen LogP contribution is -2.33. The number of hydrogen-bond acceptors (Lipinski definition) is 6. The number of halogens is 1. The number of nitrogens with one attached hydrogen (secondary N) is 2. The van der Waals surface area contributed by atoms with Crippen molar-refractivity contribution in [3.05, 3.63) is 46.0 Å². The molecular weight excluding hydrogens is 406 g/mol. The first kappa shape index (κ1) is 16.1. The number of benzene rings is 1. The number of hydrogen-bond donors (Lipinski definition) is 2. The second-order valence-corrected chi connectivity index (χ2v) is 8.31. The van der Waals surface area contributed by atoms with Crippen molar-refractivity contribution in [2.45, 2.75) is 18.8 Å². The average Bonchev–Trinajstić information content (AvgIpc) is 3.26. The predicted octanol–water partition coefficient (Wildman–Crippen LogP) is 3.91. The highest BCUT2D eigenvalue weighted by Crippen LogP contribution is 2.26. The van der Waals surface area contributed by atoms with Gasteiger partial charge in [-0.25, -0.2) is 4.98 Å². The van der Waals surface area contributed by atoms with E-state index in [0.717, 1.165) is 38.7 Å². The summed E-state index contributed by atoms with van der Waals surface area (Å²) in [7, 11) is 0. The second kappa shape index (κ2) is 6.87. The third-order valence-corrected chi connectivity index (χ3v) is 6.14. The molecule has 0 aliphatic carbocycles. The lowest BCUT2D eigenvalue weighted by Gasteiger charge is -2.08. The van der Waals surface area contributed by atoms with Crippen LogP contribution in [-0.4, -0.2) is 26.5 Å². The number of hydrazone groups is 1. The third kappa shape index (κ3) is 3.23. The van der Waals surface area contributed by atoms with Gasteiger partial charge in [0.2, 0.25) is 0 Å². The Morgan fingerprint density at radius 3 is 2.96 bits per heavy atom. The van der Waals surface area contributed by atoms with Crippen molar-refractivity contribution in [1.82, 2.24) is 20.1 Å². The van der Waals surface area contributed by atoms with Crippen LogP contribution in [0.3, 0.4) is 0 Å². The van der Waals surface area contributed by atoms with Crippen LogP contribution >= 0.6 is 39.0 Å². The molecule has 1 atom stereocenters. The van der Waals surface area contributed by atoms with Gasteiger partial charge in [-0.15, -0.1) is 11.3 Å². The monoisotopic (exact) mass is 421 g/mol. The minimum Gasteiger partial charge on any atom is -0.294 e. The van der Waals surface area contributed by atoms with Crippen LogP contribution in [0.1, 0.15) is 12.6 Å². The van der Waals surface area contributed by atoms with Gasteiger partial charge < -0.3 is 0 Å². The molecule has 0 radical (unpaired) electrons. The van der Waals surface area contributed by atoms with Gasteiger partial charge >= 0.3 is 0 Å². The summed E-state index contributed by atoms with van der Waals surface area (Å²) in [5, 5.41) is 11.0. The van der Waals surface area contributed by atoms with Gasteiger partial charge in [-0.1, -0.05) is 46.7 Å². The number of aromatic nitrogens is 2. The molecule has 0 saturated carbocycles. The smallest absolute Gasteiger partial charge is 0.194 e. The first-order chi connectivity index (χ1) is 11.7. The standard InChI is InChI=1S/C16H16BrN5S2/c1-2-18-15-21-20-14(24-15)7-12-9-23-16-19-13(8-22(12)16)10-3-5-11(17)6-4-10/h3-6,8-9,15,18,21H,2,7H2,1H3. The van der Waals surface area contributed by atoms with E-state index in [-0.39, 0.29) is 5.50 Å². The van der Waals surface area contributed by atoms with E-state index in [1.165, 1.54) is 5.69 Å². The molecule has 0 spiro atoms. The van der Waals surface area contributed by atoms with Gasteiger partial charge in [-0.3, -0.25) is 15.1 Å². The number of imidazole rings is 1. The Hall–Kier alpha value is -1.35. The molecule has 2 N–H and O–H groups in total. The van der Waals surface area contributed by atoms with E-state index >= 15 is 0 Å². The molecule has 0 fully saturated rings. The zero-order chi connectivity index (χ0) is 16.5. The van der Waals surface area contributed by atoms with Crippen molar-refractivity contribution in [2.24, 2.45) is 5.10 Å². The fraction of sp³-hybridized carbons (Fsp3) is 0.250. The van der Waals surface area contributed by atoms with Gasteiger partial charge in [0.1, 0.15) is 10.5 Å². The second-order valence-electron chi connectivity index (χ2n) is 5.38. The Morgan fingerprint density at radius 1 is 1.33 bits per heavy atom. The number of nitrogens with zero attached hydrogens (tertiary/aromatic N) is 3. The van der Waals surface area contributed by atoms with E-state index in [4.69, 9.17) is 4.98 Å². The van der Waals surface area contributed by atoms with Crippen LogP contribution in [0, 0.1) is 0 Å². The molecule has 8 heteroatoms. The van der Waals surface area contributed by atoms with Crippen molar-refractivity contribution in [3.63, 3.8) is 0 Å². The SMILES string of the molecule is CCNC1NN=C(Cc2csc3nc(-c4ccc(Br)cc4)cn23)S1. The lowest BCUT2D eigenvalue weighted by atomic mass is 10.2. The lowest BCUT2D eigenvalue weighted by molar-refractivity contribution is 0.589. The van der Waals surface area contributed by atoms with E-state index in [1.807, 2.05) is 12.1 Å². The van der Waals surface area contributed by atoms with Crippen molar-refractivity contribution in [2.75, 3.05) is 6.54 Å². The summed E-state index contributed by atoms with van der Waals surface area (Å²) in [6.07, 6.45) is 2.93. The largest absolute Gasteiger partial charge is 0.294 e. The highest BCUT2D eigenvalue weighted by atomic mass is 79.9. The molecule has 0 bridgehead atoms. The highest BCUT2D eigenvalue weighted by Gasteiger charge is 2.20. The summed E-state index contributed by atoms with van der Waals surface area (Å²) in [6, 6.07) is 8.25. The van der Waals surface area contributed by atoms with Crippen LogP contribution in [0.5, 0.6) is 0 Å². The summed E-state index contributed by atoms with van der Waals surface area (Å²) in [5.74, 6) is 0. The highest BCUT2D eigenvalue weighted by molar-refractivity contribution is 9.10. The zero-order valence-corrected chi connectivity index (χ0v) is 16.2. The van der Waals surface area contributed by atoms with E-state index in [0.29, 0.717) is 0 Å². The van der Waals surface area contributed by atoms with Gasteiger partial charge in [-0.05, 0) is 18.7 Å². The maximum Gasteiger partial charge on any atom is 0.194 e. The molecule has 4 rings (SSSR count). The minimum atomic E-state index is 0.181. The summed E-state index contributed by atoms with van der Waals surface area (Å²) in [6.45, 7) is 3.02. The zero-order valence-electron chi connectivity index (χ0n) is 13.0. The number of rotatable bonds is 5. The van der Waals surface area contributed by atoms with Crippen LogP contribution in [0.4, 0.5) is 0 Å². The maximum absolute atomic E-state index is 4.74. The molecule has 24 heavy (non-hydrogen) atoms. The molecule has 0 amide bonds. The molecule has 3 aromatic rings. The van der Waals surface area contributed by atoms with E-state index in [2.05, 4.69) is 66.8 Å². The van der Waals surface area contributed by atoms with Crippen molar-refractivity contribution in [1.29, 1.82) is 0 Å². The van der Waals surface area contributed by atoms with Crippen molar-refractivity contribution >= 4 is 49.0 Å². The Bertz CT molecular complexity index is 884. The summed E-state index contributed by atoms with van der Waals surface area (Å²) >= 11 is 6.88. The van der Waals surface area contributed by atoms with Crippen molar-refractivity contribution in [3.8, 4) is 11.3 Å². The van der Waals surface area contributed by atoms with Crippen molar-refractivity contribution < 1.29 is 0 Å². The molecule has 1 unspecified atom stereocenters. The quantitative estimate of drug-likeness (QED) is 0.655. The third-order valence-electron chi connectivity index (χ3n) is 3.71. The molecule has 124 valence electrons. The number of thioether (sulfide) groups is 1. The fourth-order valence-electron chi connectivity index (χ4n) is 2.54. The van der Waals surface area contributed by atoms with Gasteiger partial charge in [-0.2, -0.15) is 5.10 Å². The molecule has 3 heterocycles. The Balaban J connectivity index is 1.56. The molecule has 1 aliphatic rings.